The van der Waals surface area contributed by atoms with Crippen molar-refractivity contribution in [1.82, 2.24) is 4.98 Å². The summed E-state index contributed by atoms with van der Waals surface area (Å²) in [5.41, 5.74) is 14.6. The molecule has 3 heteroatoms. The van der Waals surface area contributed by atoms with Crippen LogP contribution in [-0.4, -0.2) is 4.98 Å². The highest BCUT2D eigenvalue weighted by atomic mass is 32.1. The zero-order chi connectivity index (χ0) is 36.1. The zero-order valence-electron chi connectivity index (χ0n) is 29.8. The highest BCUT2D eigenvalue weighted by Gasteiger charge is 2.51. The molecule has 0 atom stereocenters. The van der Waals surface area contributed by atoms with Gasteiger partial charge in [0.05, 0.1) is 10.1 Å². The Morgan fingerprint density at radius 1 is 0.400 bits per heavy atom. The van der Waals surface area contributed by atoms with E-state index in [1.165, 1.54) is 86.6 Å². The Balaban J connectivity index is 1.14. The van der Waals surface area contributed by atoms with E-state index >= 15 is 0 Å². The molecule has 0 radical (unpaired) electrons. The van der Waals surface area contributed by atoms with Crippen molar-refractivity contribution in [2.45, 2.75) is 5.41 Å². The maximum absolute atomic E-state index is 5.25. The quantitative estimate of drug-likeness (QED) is 0.180. The topological polar surface area (TPSA) is 16.1 Å². The molecule has 2 heterocycles. The zero-order valence-corrected chi connectivity index (χ0v) is 30.6. The first-order valence-electron chi connectivity index (χ1n) is 18.9. The van der Waals surface area contributed by atoms with E-state index in [1.54, 1.807) is 0 Å². The molecule has 0 bridgehead atoms. The minimum atomic E-state index is -0.437. The van der Waals surface area contributed by atoms with E-state index in [0.717, 1.165) is 17.2 Å². The molecular formula is C52H32N2S. The normalized spacial score (nSPS) is 13.2. The van der Waals surface area contributed by atoms with Crippen molar-refractivity contribution in [3.05, 3.63) is 217 Å². The molecule has 0 saturated carbocycles. The summed E-state index contributed by atoms with van der Waals surface area (Å²) in [4.78, 5) is 7.63. The average Bonchev–Trinajstić information content (AvgIpc) is 3.89. The van der Waals surface area contributed by atoms with Crippen molar-refractivity contribution in [3.8, 4) is 33.4 Å². The fraction of sp³-hybridized carbons (Fsp3) is 0.0192. The summed E-state index contributed by atoms with van der Waals surface area (Å²) in [6.07, 6.45) is 1.98. The molecule has 2 aliphatic carbocycles. The van der Waals surface area contributed by atoms with Gasteiger partial charge in [0.2, 0.25) is 0 Å². The van der Waals surface area contributed by atoms with E-state index in [2.05, 4.69) is 193 Å². The highest BCUT2D eigenvalue weighted by molar-refractivity contribution is 7.27. The molecule has 0 amide bonds. The lowest BCUT2D eigenvalue weighted by Gasteiger charge is -2.32. The molecule has 55 heavy (non-hydrogen) atoms. The maximum atomic E-state index is 5.25. The lowest BCUT2D eigenvalue weighted by molar-refractivity contribution is 0.793. The molecular weight excluding hydrogens is 685 g/mol. The predicted octanol–water partition coefficient (Wildman–Crippen LogP) is 14.1. The molecule has 256 valence electrons. The number of anilines is 3. The summed E-state index contributed by atoms with van der Waals surface area (Å²) in [6.45, 7) is 0. The Morgan fingerprint density at radius 3 is 1.67 bits per heavy atom. The summed E-state index contributed by atoms with van der Waals surface area (Å²) in [5.74, 6) is 0.937. The second-order valence-electron chi connectivity index (χ2n) is 14.6. The molecule has 12 rings (SSSR count). The third-order valence-electron chi connectivity index (χ3n) is 11.9. The first-order chi connectivity index (χ1) is 27.3. The number of pyridine rings is 1. The third kappa shape index (κ3) is 4.22. The Morgan fingerprint density at radius 2 is 0.964 bits per heavy atom. The summed E-state index contributed by atoms with van der Waals surface area (Å²) in [6, 6.07) is 69.2. The third-order valence-corrected chi connectivity index (χ3v) is 13.2. The van der Waals surface area contributed by atoms with Gasteiger partial charge in [-0.2, -0.15) is 0 Å². The van der Waals surface area contributed by atoms with Crippen LogP contribution in [0.5, 0.6) is 0 Å². The van der Waals surface area contributed by atoms with E-state index < -0.39 is 5.41 Å². The van der Waals surface area contributed by atoms with Crippen molar-refractivity contribution in [3.63, 3.8) is 0 Å². The fourth-order valence-corrected chi connectivity index (χ4v) is 10.9. The molecule has 1 spiro atoms. The van der Waals surface area contributed by atoms with Gasteiger partial charge in [0.25, 0.3) is 0 Å². The van der Waals surface area contributed by atoms with Crippen LogP contribution in [0.15, 0.2) is 194 Å². The number of benzene rings is 8. The van der Waals surface area contributed by atoms with Crippen LogP contribution in [0.3, 0.4) is 0 Å². The Hall–Kier alpha value is -6.81. The van der Waals surface area contributed by atoms with Gasteiger partial charge in [0.15, 0.2) is 5.82 Å². The van der Waals surface area contributed by atoms with Gasteiger partial charge in [-0.05, 0) is 96.7 Å². The van der Waals surface area contributed by atoms with Gasteiger partial charge in [-0.25, -0.2) is 4.98 Å². The minimum absolute atomic E-state index is 0.437. The second kappa shape index (κ2) is 11.6. The van der Waals surface area contributed by atoms with Crippen LogP contribution in [0.1, 0.15) is 22.3 Å². The van der Waals surface area contributed by atoms with E-state index in [0.29, 0.717) is 0 Å². The van der Waals surface area contributed by atoms with Gasteiger partial charge in [-0.15, -0.1) is 11.3 Å². The molecule has 2 aliphatic rings. The molecule has 10 aromatic rings. The number of hydrogen-bond donors (Lipinski definition) is 0. The Bertz CT molecular complexity index is 3090. The molecule has 2 aromatic heterocycles. The van der Waals surface area contributed by atoms with Gasteiger partial charge in [0.1, 0.15) is 0 Å². The molecule has 0 saturated heterocycles. The molecule has 0 unspecified atom stereocenters. The number of nitrogens with zero attached hydrogens (tertiary/aromatic N) is 2. The van der Waals surface area contributed by atoms with Gasteiger partial charge in [-0.1, -0.05) is 158 Å². The van der Waals surface area contributed by atoms with Crippen LogP contribution in [0, 0.1) is 0 Å². The van der Waals surface area contributed by atoms with Gasteiger partial charge < -0.3 is 0 Å². The van der Waals surface area contributed by atoms with Crippen molar-refractivity contribution < 1.29 is 0 Å². The van der Waals surface area contributed by atoms with Crippen LogP contribution >= 0.6 is 11.3 Å². The minimum Gasteiger partial charge on any atom is -0.294 e. The standard InChI is InChI=1S/C52H32N2S/c1-2-12-33(13-3-1)34-22-25-36(26-23-34)54(51-50-44(30-31-53-51)43-28-24-35-14-4-5-15-38(35)49(43)55-50)37-27-29-42-41-18-8-11-21-47(41)52(48(42)32-37)45-19-9-6-16-39(45)40-17-7-10-20-46(40)52/h1-32H. The summed E-state index contributed by atoms with van der Waals surface area (Å²) in [7, 11) is 0. The number of thiophene rings is 1. The van der Waals surface area contributed by atoms with Crippen molar-refractivity contribution in [2.75, 3.05) is 4.90 Å². The van der Waals surface area contributed by atoms with Crippen LogP contribution < -0.4 is 4.90 Å². The molecule has 2 nitrogen and oxygen atoms in total. The monoisotopic (exact) mass is 716 g/mol. The maximum Gasteiger partial charge on any atom is 0.155 e. The average molecular weight is 717 g/mol. The predicted molar refractivity (Wildman–Crippen MR) is 231 cm³/mol. The van der Waals surface area contributed by atoms with E-state index in [4.69, 9.17) is 4.98 Å². The van der Waals surface area contributed by atoms with E-state index in [9.17, 15) is 0 Å². The Kier molecular flexibility index (Phi) is 6.46. The van der Waals surface area contributed by atoms with Crippen LogP contribution in [0.25, 0.3) is 64.3 Å². The molecule has 0 fully saturated rings. The fourth-order valence-electron chi connectivity index (χ4n) is 9.63. The first-order valence-corrected chi connectivity index (χ1v) is 19.7. The molecule has 8 aromatic carbocycles. The number of hydrogen-bond acceptors (Lipinski definition) is 3. The highest BCUT2D eigenvalue weighted by Crippen LogP contribution is 2.63. The summed E-state index contributed by atoms with van der Waals surface area (Å²) >= 11 is 1.85. The van der Waals surface area contributed by atoms with Crippen molar-refractivity contribution in [2.24, 2.45) is 0 Å². The number of rotatable bonds is 4. The number of fused-ring (bicyclic) bond motifs is 15. The van der Waals surface area contributed by atoms with E-state index in [1.807, 2.05) is 17.5 Å². The van der Waals surface area contributed by atoms with Gasteiger partial charge >= 0.3 is 0 Å². The Labute approximate surface area is 323 Å². The molecule has 0 N–H and O–H groups in total. The van der Waals surface area contributed by atoms with E-state index in [-0.39, 0.29) is 0 Å². The first kappa shape index (κ1) is 30.6. The van der Waals surface area contributed by atoms with Crippen molar-refractivity contribution >= 4 is 59.5 Å². The van der Waals surface area contributed by atoms with Gasteiger partial charge in [0, 0.05) is 33.0 Å². The smallest absolute Gasteiger partial charge is 0.155 e. The van der Waals surface area contributed by atoms with Crippen LogP contribution in [0.4, 0.5) is 17.2 Å². The lowest BCUT2D eigenvalue weighted by atomic mass is 9.70. The van der Waals surface area contributed by atoms with Crippen molar-refractivity contribution in [1.29, 1.82) is 0 Å². The SMILES string of the molecule is c1ccc(-c2ccc(N(c3ccc4c(c3)C3(c5ccccc5-c5ccccc53)c3ccccc3-4)c3nccc4c3sc3c5ccccc5ccc43)cc2)cc1. The molecule has 0 aliphatic heterocycles. The summed E-state index contributed by atoms with van der Waals surface area (Å²) in [5, 5.41) is 5.03. The van der Waals surface area contributed by atoms with Crippen LogP contribution in [0.2, 0.25) is 0 Å². The number of aromatic nitrogens is 1. The van der Waals surface area contributed by atoms with Crippen LogP contribution in [-0.2, 0) is 5.41 Å². The van der Waals surface area contributed by atoms with Gasteiger partial charge in [-0.3, -0.25) is 4.90 Å². The summed E-state index contributed by atoms with van der Waals surface area (Å²) < 4.78 is 2.47. The largest absolute Gasteiger partial charge is 0.294 e. The second-order valence-corrected chi connectivity index (χ2v) is 15.7. The lowest BCUT2D eigenvalue weighted by Crippen LogP contribution is -2.26.